The Hall–Kier alpha value is -1.67. The number of halogens is 2. The van der Waals surface area contributed by atoms with E-state index < -0.39 is 0 Å². The van der Waals surface area contributed by atoms with Gasteiger partial charge in [0.1, 0.15) is 5.82 Å². The molecule has 0 bridgehead atoms. The second-order valence-corrected chi connectivity index (χ2v) is 5.99. The Morgan fingerprint density at radius 1 is 0.963 bits per heavy atom. The Morgan fingerprint density at radius 3 is 2.41 bits per heavy atom. The molecule has 0 aliphatic rings. The first-order valence-electron chi connectivity index (χ1n) is 9.16. The van der Waals surface area contributed by atoms with E-state index in [-0.39, 0.29) is 29.8 Å². The molecule has 0 fully saturated rings. The van der Waals surface area contributed by atoms with Crippen LogP contribution < -0.4 is 10.6 Å². The van der Waals surface area contributed by atoms with E-state index in [2.05, 4.69) is 27.8 Å². The summed E-state index contributed by atoms with van der Waals surface area (Å²) in [6.45, 7) is 5.61. The predicted molar refractivity (Wildman–Crippen MR) is 120 cm³/mol. The normalized spacial score (nSPS) is 11.0. The molecule has 0 unspecified atom stereocenters. The molecule has 27 heavy (non-hydrogen) atoms. The highest BCUT2D eigenvalue weighted by molar-refractivity contribution is 14.0. The molecule has 2 N–H and O–H groups in total. The molecule has 2 aromatic carbocycles. The number of benzene rings is 2. The zero-order chi connectivity index (χ0) is 18.5. The van der Waals surface area contributed by atoms with Crippen LogP contribution in [0.1, 0.15) is 30.9 Å². The standard InChI is InChI=1S/C21H28FN3O.HI/c1-2-23-21(25-16-18-10-12-20(22)13-11-18)24-14-6-7-15-26-17-19-8-4-3-5-9-19;/h3-5,8-13H,2,6-7,14-17H2,1H3,(H2,23,24,25);1H. The SMILES string of the molecule is CCNC(=NCc1ccc(F)cc1)NCCCCOCc1ccccc1.I. The molecular formula is C21H29FIN3O. The fourth-order valence-electron chi connectivity index (χ4n) is 2.40. The van der Waals surface area contributed by atoms with Crippen molar-refractivity contribution in [2.45, 2.75) is 32.9 Å². The molecule has 0 aliphatic heterocycles. The van der Waals surface area contributed by atoms with Crippen molar-refractivity contribution < 1.29 is 9.13 Å². The van der Waals surface area contributed by atoms with Gasteiger partial charge in [0.05, 0.1) is 13.2 Å². The number of unbranched alkanes of at least 4 members (excludes halogenated alkanes) is 1. The average molecular weight is 485 g/mol. The summed E-state index contributed by atoms with van der Waals surface area (Å²) in [5.41, 5.74) is 2.19. The first-order valence-corrected chi connectivity index (χ1v) is 9.16. The van der Waals surface area contributed by atoms with Gasteiger partial charge in [0, 0.05) is 19.7 Å². The first-order chi connectivity index (χ1) is 12.8. The molecule has 0 amide bonds. The molecule has 2 aromatic rings. The summed E-state index contributed by atoms with van der Waals surface area (Å²) in [5, 5.41) is 6.54. The Labute approximate surface area is 178 Å². The van der Waals surface area contributed by atoms with E-state index in [0.717, 1.165) is 44.1 Å². The van der Waals surface area contributed by atoms with Crippen LogP contribution in [-0.2, 0) is 17.9 Å². The molecule has 0 saturated carbocycles. The number of aliphatic imine (C=N–C) groups is 1. The molecule has 0 saturated heterocycles. The van der Waals surface area contributed by atoms with Gasteiger partial charge in [-0.2, -0.15) is 0 Å². The minimum Gasteiger partial charge on any atom is -0.377 e. The lowest BCUT2D eigenvalue weighted by Crippen LogP contribution is -2.37. The van der Waals surface area contributed by atoms with Crippen molar-refractivity contribution in [3.05, 3.63) is 71.5 Å². The second kappa shape index (κ2) is 14.4. The lowest BCUT2D eigenvalue weighted by atomic mass is 10.2. The van der Waals surface area contributed by atoms with Gasteiger partial charge in [-0.1, -0.05) is 42.5 Å². The topological polar surface area (TPSA) is 45.7 Å². The number of ether oxygens (including phenoxy) is 1. The lowest BCUT2D eigenvalue weighted by Gasteiger charge is -2.11. The van der Waals surface area contributed by atoms with E-state index >= 15 is 0 Å². The maximum atomic E-state index is 12.9. The van der Waals surface area contributed by atoms with Crippen molar-refractivity contribution in [3.8, 4) is 0 Å². The number of guanidine groups is 1. The van der Waals surface area contributed by atoms with E-state index in [1.54, 1.807) is 12.1 Å². The van der Waals surface area contributed by atoms with E-state index in [0.29, 0.717) is 13.2 Å². The number of rotatable bonds is 10. The summed E-state index contributed by atoms with van der Waals surface area (Å²) in [7, 11) is 0. The van der Waals surface area contributed by atoms with Crippen molar-refractivity contribution >= 4 is 29.9 Å². The number of hydrogen-bond acceptors (Lipinski definition) is 2. The molecule has 0 radical (unpaired) electrons. The highest BCUT2D eigenvalue weighted by atomic mass is 127. The Morgan fingerprint density at radius 2 is 1.70 bits per heavy atom. The fourth-order valence-corrected chi connectivity index (χ4v) is 2.40. The molecule has 6 heteroatoms. The molecule has 2 rings (SSSR count). The van der Waals surface area contributed by atoms with Gasteiger partial charge in [0.15, 0.2) is 5.96 Å². The summed E-state index contributed by atoms with van der Waals surface area (Å²) < 4.78 is 18.6. The number of nitrogens with one attached hydrogen (secondary N) is 2. The van der Waals surface area contributed by atoms with Crippen LogP contribution in [0.25, 0.3) is 0 Å². The molecule has 4 nitrogen and oxygen atoms in total. The van der Waals surface area contributed by atoms with Gasteiger partial charge in [0.25, 0.3) is 0 Å². The van der Waals surface area contributed by atoms with Crippen LogP contribution in [0.15, 0.2) is 59.6 Å². The average Bonchev–Trinajstić information content (AvgIpc) is 2.67. The van der Waals surface area contributed by atoms with Crippen molar-refractivity contribution in [3.63, 3.8) is 0 Å². The van der Waals surface area contributed by atoms with Crippen molar-refractivity contribution in [2.24, 2.45) is 4.99 Å². The number of nitrogens with zero attached hydrogens (tertiary/aromatic N) is 1. The Balaban J connectivity index is 0.00000364. The maximum absolute atomic E-state index is 12.9. The van der Waals surface area contributed by atoms with Gasteiger partial charge in [-0.05, 0) is 43.0 Å². The molecule has 0 spiro atoms. The van der Waals surface area contributed by atoms with Gasteiger partial charge in [0.2, 0.25) is 0 Å². The lowest BCUT2D eigenvalue weighted by molar-refractivity contribution is 0.117. The Bertz CT molecular complexity index is 650. The Kier molecular flexibility index (Phi) is 12.5. The third kappa shape index (κ3) is 10.3. The van der Waals surface area contributed by atoms with Crippen molar-refractivity contribution in [1.82, 2.24) is 10.6 Å². The van der Waals surface area contributed by atoms with E-state index in [4.69, 9.17) is 4.74 Å². The van der Waals surface area contributed by atoms with Gasteiger partial charge < -0.3 is 15.4 Å². The minimum atomic E-state index is -0.225. The van der Waals surface area contributed by atoms with Crippen LogP contribution in [0.4, 0.5) is 4.39 Å². The summed E-state index contributed by atoms with van der Waals surface area (Å²) in [6, 6.07) is 16.6. The predicted octanol–water partition coefficient (Wildman–Crippen LogP) is 4.50. The molecular weight excluding hydrogens is 456 g/mol. The fraction of sp³-hybridized carbons (Fsp3) is 0.381. The molecule has 0 heterocycles. The first kappa shape index (κ1) is 23.4. The third-order valence-electron chi connectivity index (χ3n) is 3.80. The minimum absolute atomic E-state index is 0. The van der Waals surface area contributed by atoms with Crippen LogP contribution in [0.5, 0.6) is 0 Å². The highest BCUT2D eigenvalue weighted by Gasteiger charge is 1.98. The second-order valence-electron chi connectivity index (χ2n) is 5.99. The van der Waals surface area contributed by atoms with Crippen LogP contribution >= 0.6 is 24.0 Å². The van der Waals surface area contributed by atoms with Gasteiger partial charge >= 0.3 is 0 Å². The van der Waals surface area contributed by atoms with Crippen LogP contribution in [0.3, 0.4) is 0 Å². The zero-order valence-electron chi connectivity index (χ0n) is 15.8. The molecule has 0 atom stereocenters. The van der Waals surface area contributed by atoms with Crippen LogP contribution in [-0.4, -0.2) is 25.7 Å². The quantitative estimate of drug-likeness (QED) is 0.226. The van der Waals surface area contributed by atoms with Crippen LogP contribution in [0.2, 0.25) is 0 Å². The van der Waals surface area contributed by atoms with Crippen molar-refractivity contribution in [2.75, 3.05) is 19.7 Å². The molecule has 0 aliphatic carbocycles. The molecule has 0 aromatic heterocycles. The van der Waals surface area contributed by atoms with E-state index in [1.807, 2.05) is 25.1 Å². The summed E-state index contributed by atoms with van der Waals surface area (Å²) >= 11 is 0. The summed E-state index contributed by atoms with van der Waals surface area (Å²) in [5.74, 6) is 0.555. The zero-order valence-corrected chi connectivity index (χ0v) is 18.1. The smallest absolute Gasteiger partial charge is 0.191 e. The molecule has 148 valence electrons. The largest absolute Gasteiger partial charge is 0.377 e. The third-order valence-corrected chi connectivity index (χ3v) is 3.80. The van der Waals surface area contributed by atoms with Gasteiger partial charge in [-0.3, -0.25) is 0 Å². The highest BCUT2D eigenvalue weighted by Crippen LogP contribution is 2.04. The van der Waals surface area contributed by atoms with Crippen molar-refractivity contribution in [1.29, 1.82) is 0 Å². The maximum Gasteiger partial charge on any atom is 0.191 e. The monoisotopic (exact) mass is 485 g/mol. The van der Waals surface area contributed by atoms with Gasteiger partial charge in [-0.15, -0.1) is 24.0 Å². The summed E-state index contributed by atoms with van der Waals surface area (Å²) in [4.78, 5) is 4.53. The summed E-state index contributed by atoms with van der Waals surface area (Å²) in [6.07, 6.45) is 2.01. The van der Waals surface area contributed by atoms with Gasteiger partial charge in [-0.25, -0.2) is 9.38 Å². The van der Waals surface area contributed by atoms with E-state index in [9.17, 15) is 4.39 Å². The van der Waals surface area contributed by atoms with Crippen LogP contribution in [0, 0.1) is 5.82 Å². The number of hydrogen-bond donors (Lipinski definition) is 2. The van der Waals surface area contributed by atoms with E-state index in [1.165, 1.54) is 17.7 Å².